The first-order valence-electron chi connectivity index (χ1n) is 13.9. The number of carboxylic acids is 1. The van der Waals surface area contributed by atoms with Gasteiger partial charge in [0.1, 0.15) is 0 Å². The molecule has 0 radical (unpaired) electrons. The Balaban J connectivity index is 1.65. The predicted octanol–water partition coefficient (Wildman–Crippen LogP) is 8.22. The van der Waals surface area contributed by atoms with Crippen molar-refractivity contribution >= 4 is 45.4 Å². The van der Waals surface area contributed by atoms with Crippen molar-refractivity contribution < 1.29 is 19.0 Å². The molecule has 1 unspecified atom stereocenters. The van der Waals surface area contributed by atoms with E-state index in [1.807, 2.05) is 42.5 Å². The summed E-state index contributed by atoms with van der Waals surface area (Å²) in [6.45, 7) is 6.49. The lowest BCUT2D eigenvalue weighted by Gasteiger charge is -2.43. The molecule has 3 aromatic rings. The number of carboxylic acid groups (broad SMARTS) is 1. The van der Waals surface area contributed by atoms with Gasteiger partial charge in [0, 0.05) is 44.0 Å². The number of aromatic carboxylic acids is 1. The van der Waals surface area contributed by atoms with Crippen molar-refractivity contribution in [3.8, 4) is 11.1 Å². The Bertz CT molecular complexity index is 1380. The second-order valence-electron chi connectivity index (χ2n) is 11.2. The molecule has 2 aliphatic heterocycles. The maximum Gasteiger partial charge on any atom is 0.337 e. The van der Waals surface area contributed by atoms with Gasteiger partial charge in [0.15, 0.2) is 0 Å². The van der Waals surface area contributed by atoms with Crippen LogP contribution in [0.25, 0.3) is 11.1 Å². The lowest BCUT2D eigenvalue weighted by atomic mass is 9.99. The molecule has 2 heterocycles. The average molecular weight is 584 g/mol. The minimum Gasteiger partial charge on any atom is -0.478 e. The number of hydrogen-bond acceptors (Lipinski definition) is 6. The quantitative estimate of drug-likeness (QED) is 0.269. The molecular formula is C31H38ClN3O4S. The van der Waals surface area contributed by atoms with Gasteiger partial charge in [-0.15, -0.1) is 10.8 Å². The summed E-state index contributed by atoms with van der Waals surface area (Å²) >= 11 is 6.92. The van der Waals surface area contributed by atoms with Crippen LogP contribution >= 0.6 is 22.4 Å². The Hall–Kier alpha value is -2.75. The van der Waals surface area contributed by atoms with E-state index < -0.39 is 16.7 Å². The van der Waals surface area contributed by atoms with E-state index in [1.54, 1.807) is 29.6 Å². The monoisotopic (exact) mass is 583 g/mol. The third-order valence-electron chi connectivity index (χ3n) is 7.99. The van der Waals surface area contributed by atoms with E-state index >= 15 is 0 Å². The molecule has 9 heteroatoms. The van der Waals surface area contributed by atoms with E-state index in [1.165, 1.54) is 0 Å². The van der Waals surface area contributed by atoms with E-state index in [9.17, 15) is 19.0 Å². The smallest absolute Gasteiger partial charge is 0.337 e. The molecule has 0 spiro atoms. The summed E-state index contributed by atoms with van der Waals surface area (Å²) in [6, 6.07) is 18.7. The van der Waals surface area contributed by atoms with Gasteiger partial charge < -0.3 is 14.9 Å². The zero-order valence-corrected chi connectivity index (χ0v) is 24.8. The number of hydrogen-bond donors (Lipinski definition) is 3. The van der Waals surface area contributed by atoms with E-state index in [2.05, 4.69) is 23.6 Å². The molecule has 0 amide bonds. The van der Waals surface area contributed by atoms with Crippen molar-refractivity contribution in [1.82, 2.24) is 4.31 Å². The second kappa shape index (κ2) is 11.6. The van der Waals surface area contributed by atoms with Crippen LogP contribution in [0.4, 0.5) is 17.1 Å². The topological polar surface area (TPSA) is 87.5 Å². The van der Waals surface area contributed by atoms with Gasteiger partial charge in [-0.25, -0.2) is 9.10 Å². The summed E-state index contributed by atoms with van der Waals surface area (Å²) in [5.74, 6) is -0.641. The van der Waals surface area contributed by atoms with Gasteiger partial charge in [-0.1, -0.05) is 49.7 Å². The molecule has 7 nitrogen and oxygen atoms in total. The van der Waals surface area contributed by atoms with Crippen LogP contribution in [0.2, 0.25) is 5.02 Å². The predicted molar refractivity (Wildman–Crippen MR) is 165 cm³/mol. The summed E-state index contributed by atoms with van der Waals surface area (Å²) in [4.78, 5) is 17.0. The number of anilines is 3. The van der Waals surface area contributed by atoms with Crippen LogP contribution in [-0.4, -0.2) is 57.2 Å². The highest BCUT2D eigenvalue weighted by atomic mass is 35.5. The SMILES string of the molecule is CC(C)CC1CN(c2ccccc2)c2cc(Cl)c(-c3ccc(N4CCCCC4)c(C(=O)O)c3)cc2S(O)(O)N1C. The van der Waals surface area contributed by atoms with Gasteiger partial charge in [0.25, 0.3) is 0 Å². The summed E-state index contributed by atoms with van der Waals surface area (Å²) in [5, 5.41) is 10.5. The van der Waals surface area contributed by atoms with Gasteiger partial charge >= 0.3 is 5.97 Å². The fourth-order valence-electron chi connectivity index (χ4n) is 5.89. The number of piperidine rings is 1. The zero-order chi connectivity index (χ0) is 28.6. The standard InChI is InChI=1S/C31H38ClN3O4S/c1-21(2)16-24-20-35(23-10-6-4-7-11-23)29-19-27(32)25(18-30(29)40(38,39)33(24)3)22-12-13-28(26(17-22)31(36)37)34-14-8-5-9-15-34/h4,6-7,10-13,17-19,21,24,38-39H,5,8-9,14-16,20H2,1-3H3,(H,36,37). The van der Waals surface area contributed by atoms with Crippen molar-refractivity contribution in [2.24, 2.45) is 5.92 Å². The molecule has 1 atom stereocenters. The molecule has 1 fully saturated rings. The van der Waals surface area contributed by atoms with E-state index in [4.69, 9.17) is 11.6 Å². The second-order valence-corrected chi connectivity index (χ2v) is 13.6. The minimum atomic E-state index is -3.38. The molecule has 0 saturated carbocycles. The fourth-order valence-corrected chi connectivity index (χ4v) is 7.76. The third kappa shape index (κ3) is 5.56. The number of halogens is 1. The average Bonchev–Trinajstić information content (AvgIpc) is 3.01. The number of para-hydroxylation sites is 1. The van der Waals surface area contributed by atoms with Crippen LogP contribution in [-0.2, 0) is 0 Å². The molecule has 3 aromatic carbocycles. The first kappa shape index (κ1) is 28.8. The normalized spacial score (nSPS) is 20.2. The van der Waals surface area contributed by atoms with Crippen LogP contribution in [0.15, 0.2) is 65.6 Å². The Morgan fingerprint density at radius 3 is 2.35 bits per heavy atom. The third-order valence-corrected chi connectivity index (χ3v) is 10.3. The lowest BCUT2D eigenvalue weighted by Crippen LogP contribution is -2.40. The van der Waals surface area contributed by atoms with Gasteiger partial charge in [-0.05, 0) is 73.6 Å². The first-order valence-corrected chi connectivity index (χ1v) is 15.8. The highest BCUT2D eigenvalue weighted by Gasteiger charge is 2.38. The number of rotatable bonds is 6. The Morgan fingerprint density at radius 1 is 1.00 bits per heavy atom. The first-order chi connectivity index (χ1) is 19.1. The largest absolute Gasteiger partial charge is 0.478 e. The number of carbonyl (C=O) groups is 1. The molecular weight excluding hydrogens is 546 g/mol. The minimum absolute atomic E-state index is 0.123. The molecule has 2 aliphatic rings. The molecule has 3 N–H and O–H groups in total. The van der Waals surface area contributed by atoms with Crippen LogP contribution in [0.1, 0.15) is 49.9 Å². The summed E-state index contributed by atoms with van der Waals surface area (Å²) < 4.78 is 25.2. The zero-order valence-electron chi connectivity index (χ0n) is 23.3. The van der Waals surface area contributed by atoms with E-state index in [-0.39, 0.29) is 11.6 Å². The summed E-state index contributed by atoms with van der Waals surface area (Å²) in [7, 11) is -1.61. The fraction of sp³-hybridized carbons (Fsp3) is 0.387. The van der Waals surface area contributed by atoms with Crippen LogP contribution in [0, 0.1) is 5.92 Å². The highest BCUT2D eigenvalue weighted by molar-refractivity contribution is 8.22. The van der Waals surface area contributed by atoms with Crippen molar-refractivity contribution in [3.63, 3.8) is 0 Å². The molecule has 0 aliphatic carbocycles. The van der Waals surface area contributed by atoms with E-state index in [0.29, 0.717) is 44.9 Å². The van der Waals surface area contributed by atoms with Gasteiger partial charge in [-0.2, -0.15) is 0 Å². The van der Waals surface area contributed by atoms with Crippen LogP contribution < -0.4 is 9.80 Å². The van der Waals surface area contributed by atoms with Gasteiger partial charge in [-0.3, -0.25) is 9.11 Å². The molecule has 40 heavy (non-hydrogen) atoms. The number of benzene rings is 3. The van der Waals surface area contributed by atoms with Gasteiger partial charge in [0.2, 0.25) is 0 Å². The van der Waals surface area contributed by atoms with Gasteiger partial charge in [0.05, 0.1) is 26.9 Å². The number of likely N-dealkylation sites (N-methyl/N-ethyl adjacent to an activating group) is 1. The molecule has 0 aromatic heterocycles. The maximum absolute atomic E-state index is 12.3. The molecule has 1 saturated heterocycles. The summed E-state index contributed by atoms with van der Waals surface area (Å²) in [6.07, 6.45) is 4.02. The number of fused-ring (bicyclic) bond motifs is 1. The Morgan fingerprint density at radius 2 is 1.70 bits per heavy atom. The summed E-state index contributed by atoms with van der Waals surface area (Å²) in [5.41, 5.74) is 3.69. The van der Waals surface area contributed by atoms with Crippen molar-refractivity contribution in [2.75, 3.05) is 36.5 Å². The molecule has 0 bridgehead atoms. The maximum atomic E-state index is 12.3. The van der Waals surface area contributed by atoms with Crippen LogP contribution in [0.3, 0.4) is 0 Å². The van der Waals surface area contributed by atoms with Crippen molar-refractivity contribution in [2.45, 2.75) is 50.5 Å². The number of nitrogens with zero attached hydrogens (tertiary/aromatic N) is 3. The highest BCUT2D eigenvalue weighted by Crippen LogP contribution is 2.60. The van der Waals surface area contributed by atoms with Crippen molar-refractivity contribution in [1.29, 1.82) is 0 Å². The van der Waals surface area contributed by atoms with E-state index in [0.717, 1.165) is 44.5 Å². The molecule has 214 valence electrons. The molecule has 5 rings (SSSR count). The Kier molecular flexibility index (Phi) is 8.36. The van der Waals surface area contributed by atoms with Crippen molar-refractivity contribution in [3.05, 3.63) is 71.2 Å². The van der Waals surface area contributed by atoms with Crippen LogP contribution in [0.5, 0.6) is 0 Å². The lowest BCUT2D eigenvalue weighted by molar-refractivity contribution is 0.0697. The Labute approximate surface area is 243 Å².